The summed E-state index contributed by atoms with van der Waals surface area (Å²) in [6.45, 7) is 10.1. The van der Waals surface area contributed by atoms with Crippen LogP contribution in [0.15, 0.2) is 24.4 Å². The molecule has 1 fully saturated rings. The van der Waals surface area contributed by atoms with Crippen molar-refractivity contribution in [3.8, 4) is 0 Å². The summed E-state index contributed by atoms with van der Waals surface area (Å²) in [6, 6.07) is 6.05. The summed E-state index contributed by atoms with van der Waals surface area (Å²) in [6.07, 6.45) is 1.85. The van der Waals surface area contributed by atoms with Gasteiger partial charge in [-0.1, -0.05) is 6.07 Å². The summed E-state index contributed by atoms with van der Waals surface area (Å²) in [5.74, 6) is 1.26. The largest absolute Gasteiger partial charge is 0.310 e. The lowest BCUT2D eigenvalue weighted by molar-refractivity contribution is 0.260. The lowest BCUT2D eigenvalue weighted by atomic mass is 10.2. The average Bonchev–Trinajstić information content (AvgIpc) is 2.35. The number of nitrogens with one attached hydrogen (secondary N) is 1. The molecule has 2 heterocycles. The second-order valence-electron chi connectivity index (χ2n) is 5.38. The molecule has 1 aliphatic heterocycles. The summed E-state index contributed by atoms with van der Waals surface area (Å²) < 4.78 is 0.416. The van der Waals surface area contributed by atoms with Crippen molar-refractivity contribution >= 4 is 11.8 Å². The first-order valence-electron chi connectivity index (χ1n) is 6.63. The predicted octanol–water partition coefficient (Wildman–Crippen LogP) is 2.00. The number of aromatic nitrogens is 1. The second-order valence-corrected chi connectivity index (χ2v) is 7.18. The molecule has 0 aromatic carbocycles. The van der Waals surface area contributed by atoms with Crippen molar-refractivity contribution in [2.75, 3.05) is 31.9 Å². The van der Waals surface area contributed by atoms with Gasteiger partial charge in [0.25, 0.3) is 0 Å². The average molecular weight is 265 g/mol. The smallest absolute Gasteiger partial charge is 0.0541 e. The van der Waals surface area contributed by atoms with E-state index in [1.807, 2.05) is 18.3 Å². The van der Waals surface area contributed by atoms with Crippen LogP contribution in [0, 0.1) is 0 Å². The fourth-order valence-electron chi connectivity index (χ4n) is 2.26. The van der Waals surface area contributed by atoms with E-state index in [0.29, 0.717) is 4.75 Å². The normalized spacial score (nSPS) is 19.9. The highest BCUT2D eigenvalue weighted by Gasteiger charge is 2.26. The Morgan fingerprint density at radius 2 is 2.33 bits per heavy atom. The molecule has 0 unspecified atom stereocenters. The van der Waals surface area contributed by atoms with Gasteiger partial charge in [-0.25, -0.2) is 0 Å². The quantitative estimate of drug-likeness (QED) is 0.824. The number of thioether (sulfide) groups is 1. The molecule has 1 aromatic rings. The van der Waals surface area contributed by atoms with E-state index < -0.39 is 0 Å². The minimum Gasteiger partial charge on any atom is -0.310 e. The van der Waals surface area contributed by atoms with E-state index >= 15 is 0 Å². The molecule has 0 atom stereocenters. The van der Waals surface area contributed by atoms with Crippen molar-refractivity contribution in [3.63, 3.8) is 0 Å². The van der Waals surface area contributed by atoms with E-state index in [1.54, 1.807) is 0 Å². The molecule has 0 bridgehead atoms. The van der Waals surface area contributed by atoms with Gasteiger partial charge in [-0.05, 0) is 26.0 Å². The van der Waals surface area contributed by atoms with Gasteiger partial charge in [-0.3, -0.25) is 9.88 Å². The maximum absolute atomic E-state index is 4.31. The van der Waals surface area contributed by atoms with Crippen molar-refractivity contribution in [2.24, 2.45) is 0 Å². The van der Waals surface area contributed by atoms with E-state index in [1.165, 1.54) is 18.8 Å². The molecule has 1 aromatic heterocycles. The van der Waals surface area contributed by atoms with Gasteiger partial charge in [0, 0.05) is 49.4 Å². The van der Waals surface area contributed by atoms with Crippen LogP contribution in [0.1, 0.15) is 19.5 Å². The summed E-state index contributed by atoms with van der Waals surface area (Å²) in [5, 5.41) is 3.47. The Kier molecular flexibility index (Phi) is 5.03. The zero-order valence-corrected chi connectivity index (χ0v) is 12.2. The van der Waals surface area contributed by atoms with Gasteiger partial charge >= 0.3 is 0 Å². The van der Waals surface area contributed by atoms with Gasteiger partial charge in [-0.2, -0.15) is 11.8 Å². The summed E-state index contributed by atoms with van der Waals surface area (Å²) in [4.78, 5) is 6.86. The van der Waals surface area contributed by atoms with Crippen molar-refractivity contribution in [1.82, 2.24) is 15.2 Å². The molecule has 18 heavy (non-hydrogen) atoms. The highest BCUT2D eigenvalue weighted by molar-refractivity contribution is 8.00. The number of hydrogen-bond acceptors (Lipinski definition) is 4. The third-order valence-electron chi connectivity index (χ3n) is 3.14. The number of nitrogens with zero attached hydrogens (tertiary/aromatic N) is 2. The van der Waals surface area contributed by atoms with Crippen LogP contribution in [-0.4, -0.2) is 46.6 Å². The molecule has 0 aliphatic carbocycles. The van der Waals surface area contributed by atoms with E-state index in [2.05, 4.69) is 46.9 Å². The monoisotopic (exact) mass is 265 g/mol. The Hall–Kier alpha value is -0.580. The highest BCUT2D eigenvalue weighted by atomic mass is 32.2. The summed E-state index contributed by atoms with van der Waals surface area (Å²) in [5.41, 5.74) is 1.12. The third-order valence-corrected chi connectivity index (χ3v) is 4.44. The maximum atomic E-state index is 4.31. The summed E-state index contributed by atoms with van der Waals surface area (Å²) >= 11 is 2.09. The van der Waals surface area contributed by atoms with Crippen molar-refractivity contribution in [3.05, 3.63) is 30.1 Å². The molecule has 0 radical (unpaired) electrons. The van der Waals surface area contributed by atoms with Crippen molar-refractivity contribution in [2.45, 2.75) is 25.1 Å². The van der Waals surface area contributed by atoms with Crippen LogP contribution < -0.4 is 5.32 Å². The fourth-order valence-corrected chi connectivity index (χ4v) is 3.44. The first-order valence-corrected chi connectivity index (χ1v) is 7.61. The SMILES string of the molecule is CC1(C)CN(CCNCc2ccccn2)CCS1. The number of pyridine rings is 1. The van der Waals surface area contributed by atoms with Crippen molar-refractivity contribution < 1.29 is 0 Å². The van der Waals surface area contributed by atoms with Crippen LogP contribution in [0.2, 0.25) is 0 Å². The Labute approximate surface area is 114 Å². The molecule has 2 rings (SSSR count). The van der Waals surface area contributed by atoms with E-state index in [-0.39, 0.29) is 0 Å². The Morgan fingerprint density at radius 1 is 1.44 bits per heavy atom. The molecule has 1 saturated heterocycles. The minimum atomic E-state index is 0.416. The van der Waals surface area contributed by atoms with E-state index in [9.17, 15) is 0 Å². The van der Waals surface area contributed by atoms with Crippen molar-refractivity contribution in [1.29, 1.82) is 0 Å². The molecule has 1 N–H and O–H groups in total. The number of rotatable bonds is 5. The fraction of sp³-hybridized carbons (Fsp3) is 0.643. The van der Waals surface area contributed by atoms with Crippen LogP contribution in [0.25, 0.3) is 0 Å². The molecule has 3 nitrogen and oxygen atoms in total. The molecule has 0 saturated carbocycles. The van der Waals surface area contributed by atoms with E-state index in [4.69, 9.17) is 0 Å². The second kappa shape index (κ2) is 6.55. The first kappa shape index (κ1) is 13.8. The third kappa shape index (κ3) is 4.59. The standard InChI is InChI=1S/C14H23N3S/c1-14(2)12-17(9-10-18-14)8-7-15-11-13-5-3-4-6-16-13/h3-6,15H,7-12H2,1-2H3. The van der Waals surface area contributed by atoms with Crippen LogP contribution in [0.5, 0.6) is 0 Å². The van der Waals surface area contributed by atoms with Crippen LogP contribution in [-0.2, 0) is 6.54 Å². The van der Waals surface area contributed by atoms with Crippen LogP contribution in [0.3, 0.4) is 0 Å². The topological polar surface area (TPSA) is 28.2 Å². The molecule has 4 heteroatoms. The molecule has 0 amide bonds. The Bertz CT molecular complexity index is 353. The lowest BCUT2D eigenvalue weighted by Crippen LogP contribution is -2.45. The van der Waals surface area contributed by atoms with E-state index in [0.717, 1.165) is 25.3 Å². The predicted molar refractivity (Wildman–Crippen MR) is 78.9 cm³/mol. The lowest BCUT2D eigenvalue weighted by Gasteiger charge is -2.37. The first-order chi connectivity index (χ1) is 8.66. The molecular formula is C14H23N3S. The van der Waals surface area contributed by atoms with Gasteiger partial charge in [0.05, 0.1) is 5.69 Å². The number of hydrogen-bond donors (Lipinski definition) is 1. The van der Waals surface area contributed by atoms with Gasteiger partial charge in [0.1, 0.15) is 0 Å². The molecule has 100 valence electrons. The Morgan fingerprint density at radius 3 is 3.06 bits per heavy atom. The molecule has 0 spiro atoms. The zero-order chi connectivity index (χ0) is 12.8. The highest BCUT2D eigenvalue weighted by Crippen LogP contribution is 2.28. The summed E-state index contributed by atoms with van der Waals surface area (Å²) in [7, 11) is 0. The van der Waals surface area contributed by atoms with Gasteiger partial charge in [0.2, 0.25) is 0 Å². The van der Waals surface area contributed by atoms with Gasteiger partial charge in [-0.15, -0.1) is 0 Å². The van der Waals surface area contributed by atoms with Crippen LogP contribution >= 0.6 is 11.8 Å². The molecular weight excluding hydrogens is 242 g/mol. The Balaban J connectivity index is 1.64. The van der Waals surface area contributed by atoms with Crippen LogP contribution in [0.4, 0.5) is 0 Å². The molecule has 1 aliphatic rings. The maximum Gasteiger partial charge on any atom is 0.0541 e. The minimum absolute atomic E-state index is 0.416. The zero-order valence-electron chi connectivity index (χ0n) is 11.4. The van der Waals surface area contributed by atoms with Gasteiger partial charge < -0.3 is 5.32 Å². The van der Waals surface area contributed by atoms with Gasteiger partial charge in [0.15, 0.2) is 0 Å².